The SMILES string of the molecule is Cc1cnn(C2CC(N3CC[C@]45CCN(CC6CC6)[C@H](Cc6ccc(O)cc64)[C@]5(O)CC3)C2)c1. The summed E-state index contributed by atoms with van der Waals surface area (Å²) in [4.78, 5) is 5.31. The van der Waals surface area contributed by atoms with Crippen LogP contribution in [0, 0.1) is 12.8 Å². The van der Waals surface area contributed by atoms with Crippen molar-refractivity contribution in [3.8, 4) is 5.75 Å². The molecule has 34 heavy (non-hydrogen) atoms. The van der Waals surface area contributed by atoms with Gasteiger partial charge in [0.15, 0.2) is 0 Å². The lowest BCUT2D eigenvalue weighted by molar-refractivity contribution is -0.149. The van der Waals surface area contributed by atoms with Crippen molar-refractivity contribution in [2.75, 3.05) is 26.2 Å². The zero-order chi connectivity index (χ0) is 23.1. The maximum Gasteiger partial charge on any atom is 0.115 e. The zero-order valence-corrected chi connectivity index (χ0v) is 20.4. The lowest BCUT2D eigenvalue weighted by Gasteiger charge is -2.61. The number of phenols is 1. The second-order valence-corrected chi connectivity index (χ2v) is 12.1. The molecule has 3 aliphatic carbocycles. The number of aromatic nitrogens is 2. The van der Waals surface area contributed by atoms with E-state index in [0.29, 0.717) is 17.8 Å². The van der Waals surface area contributed by atoms with Gasteiger partial charge in [-0.25, -0.2) is 0 Å². The molecule has 7 rings (SSSR count). The number of aryl methyl sites for hydroxylation is 1. The average Bonchev–Trinajstić information content (AvgIpc) is 3.53. The van der Waals surface area contributed by atoms with E-state index in [1.807, 2.05) is 18.3 Å². The minimum atomic E-state index is -0.724. The van der Waals surface area contributed by atoms with Gasteiger partial charge in [-0.05, 0) is 106 Å². The van der Waals surface area contributed by atoms with Crippen LogP contribution in [0.5, 0.6) is 5.75 Å². The van der Waals surface area contributed by atoms with Crippen LogP contribution in [0.2, 0.25) is 0 Å². The Labute approximate surface area is 202 Å². The smallest absolute Gasteiger partial charge is 0.115 e. The Balaban J connectivity index is 1.18. The molecule has 2 aliphatic heterocycles. The molecular weight excluding hydrogens is 424 g/mol. The average molecular weight is 463 g/mol. The van der Waals surface area contributed by atoms with E-state index in [1.54, 1.807) is 0 Å². The summed E-state index contributed by atoms with van der Waals surface area (Å²) in [6.45, 7) is 6.32. The number of rotatable bonds is 4. The molecule has 6 heteroatoms. The highest BCUT2D eigenvalue weighted by Crippen LogP contribution is 2.57. The first kappa shape index (κ1) is 21.4. The number of benzene rings is 1. The lowest BCUT2D eigenvalue weighted by atomic mass is 9.52. The highest BCUT2D eigenvalue weighted by molar-refractivity contribution is 5.48. The molecule has 0 radical (unpaired) electrons. The molecule has 2 bridgehead atoms. The Morgan fingerprint density at radius 3 is 2.62 bits per heavy atom. The van der Waals surface area contributed by atoms with Crippen molar-refractivity contribution >= 4 is 0 Å². The van der Waals surface area contributed by atoms with E-state index in [1.165, 1.54) is 29.5 Å². The third-order valence-corrected chi connectivity index (χ3v) is 10.2. The Morgan fingerprint density at radius 2 is 1.85 bits per heavy atom. The highest BCUT2D eigenvalue weighted by atomic mass is 16.3. The van der Waals surface area contributed by atoms with Gasteiger partial charge in [-0.3, -0.25) is 9.58 Å². The summed E-state index contributed by atoms with van der Waals surface area (Å²) < 4.78 is 2.15. The second-order valence-electron chi connectivity index (χ2n) is 12.1. The van der Waals surface area contributed by atoms with Gasteiger partial charge in [0.25, 0.3) is 0 Å². The number of hydrogen-bond donors (Lipinski definition) is 2. The van der Waals surface area contributed by atoms with Crippen molar-refractivity contribution in [1.29, 1.82) is 0 Å². The van der Waals surface area contributed by atoms with Gasteiger partial charge in [-0.1, -0.05) is 6.07 Å². The summed E-state index contributed by atoms with van der Waals surface area (Å²) in [6, 6.07) is 7.25. The maximum absolute atomic E-state index is 12.6. The summed E-state index contributed by atoms with van der Waals surface area (Å²) in [5.41, 5.74) is 2.84. The first-order chi connectivity index (χ1) is 16.4. The number of likely N-dealkylation sites (tertiary alicyclic amines) is 2. The zero-order valence-electron chi connectivity index (χ0n) is 20.4. The number of phenolic OH excluding ortho intramolecular Hbond substituents is 1. The summed E-state index contributed by atoms with van der Waals surface area (Å²) in [5, 5.41) is 27.6. The van der Waals surface area contributed by atoms with Crippen molar-refractivity contribution in [2.24, 2.45) is 5.92 Å². The van der Waals surface area contributed by atoms with Crippen LogP contribution in [0.15, 0.2) is 30.6 Å². The Bertz CT molecular complexity index is 1090. The van der Waals surface area contributed by atoms with Gasteiger partial charge in [-0.2, -0.15) is 5.10 Å². The van der Waals surface area contributed by atoms with Gasteiger partial charge >= 0.3 is 0 Å². The molecule has 6 nitrogen and oxygen atoms in total. The van der Waals surface area contributed by atoms with E-state index in [-0.39, 0.29) is 11.5 Å². The molecule has 2 aromatic rings. The van der Waals surface area contributed by atoms with Crippen LogP contribution < -0.4 is 0 Å². The van der Waals surface area contributed by atoms with Gasteiger partial charge in [-0.15, -0.1) is 0 Å². The van der Waals surface area contributed by atoms with E-state index >= 15 is 0 Å². The molecule has 3 heterocycles. The summed E-state index contributed by atoms with van der Waals surface area (Å²) in [6.07, 6.45) is 12.8. The molecule has 4 fully saturated rings. The van der Waals surface area contributed by atoms with Crippen LogP contribution in [0.25, 0.3) is 0 Å². The van der Waals surface area contributed by atoms with E-state index in [0.717, 1.165) is 70.6 Å². The molecule has 3 atom stereocenters. The number of fused-ring (bicyclic) bond motifs is 1. The number of hydrogen-bond acceptors (Lipinski definition) is 5. The van der Waals surface area contributed by atoms with Gasteiger partial charge in [0.05, 0.1) is 17.8 Å². The van der Waals surface area contributed by atoms with Crippen LogP contribution in [-0.2, 0) is 11.8 Å². The van der Waals surface area contributed by atoms with Crippen molar-refractivity contribution in [1.82, 2.24) is 19.6 Å². The van der Waals surface area contributed by atoms with Crippen LogP contribution in [-0.4, -0.2) is 73.7 Å². The third kappa shape index (κ3) is 3.14. The van der Waals surface area contributed by atoms with Gasteiger partial charge in [0, 0.05) is 36.8 Å². The van der Waals surface area contributed by atoms with Crippen molar-refractivity contribution in [2.45, 2.75) is 87.4 Å². The normalized spacial score (nSPS) is 38.0. The first-order valence-electron chi connectivity index (χ1n) is 13.5. The molecule has 1 aromatic heterocycles. The minimum absolute atomic E-state index is 0.194. The molecule has 2 N–H and O–H groups in total. The molecule has 0 unspecified atom stereocenters. The predicted octanol–water partition coefficient (Wildman–Crippen LogP) is 3.41. The van der Waals surface area contributed by atoms with Crippen LogP contribution >= 0.6 is 0 Å². The fourth-order valence-corrected chi connectivity index (χ4v) is 7.95. The molecule has 5 aliphatic rings. The summed E-state index contributed by atoms with van der Waals surface area (Å²) in [5.74, 6) is 1.17. The maximum atomic E-state index is 12.6. The number of nitrogens with zero attached hydrogens (tertiary/aromatic N) is 4. The molecule has 2 saturated carbocycles. The van der Waals surface area contributed by atoms with E-state index < -0.39 is 5.60 Å². The lowest BCUT2D eigenvalue weighted by Crippen LogP contribution is -2.71. The highest BCUT2D eigenvalue weighted by Gasteiger charge is 2.63. The molecule has 182 valence electrons. The first-order valence-corrected chi connectivity index (χ1v) is 13.5. The number of piperidine rings is 1. The number of aromatic hydroxyl groups is 1. The van der Waals surface area contributed by atoms with Crippen LogP contribution in [0.3, 0.4) is 0 Å². The standard InChI is InChI=1S/C28H38N4O2/c1-19-16-29-32(17-19)23-13-22(14-23)30-9-6-27-7-10-31(18-20-2-3-20)26(28(27,34)8-11-30)12-21-4-5-24(33)15-25(21)27/h4-5,15-17,20,22-23,26,33-34H,2-3,6-14,18H2,1H3/t22?,23?,26-,27+,28-/m1/s1. The Morgan fingerprint density at radius 1 is 1.06 bits per heavy atom. The second kappa shape index (κ2) is 7.55. The van der Waals surface area contributed by atoms with E-state index in [9.17, 15) is 10.2 Å². The fourth-order valence-electron chi connectivity index (χ4n) is 7.95. The Hall–Kier alpha value is -1.89. The van der Waals surface area contributed by atoms with Crippen LogP contribution in [0.4, 0.5) is 0 Å². The van der Waals surface area contributed by atoms with Gasteiger partial charge < -0.3 is 15.1 Å². The van der Waals surface area contributed by atoms with Crippen LogP contribution in [0.1, 0.15) is 67.7 Å². The molecule has 1 aromatic carbocycles. The van der Waals surface area contributed by atoms with Gasteiger partial charge in [0.2, 0.25) is 0 Å². The van der Waals surface area contributed by atoms with Crippen molar-refractivity contribution in [3.63, 3.8) is 0 Å². The fraction of sp³-hybridized carbons (Fsp3) is 0.679. The Kier molecular flexibility index (Phi) is 4.75. The quantitative estimate of drug-likeness (QED) is 0.729. The summed E-state index contributed by atoms with van der Waals surface area (Å²) in [7, 11) is 0. The van der Waals surface area contributed by atoms with Gasteiger partial charge in [0.1, 0.15) is 5.75 Å². The number of aliphatic hydroxyl groups is 1. The molecule has 2 saturated heterocycles. The topological polar surface area (TPSA) is 64.8 Å². The van der Waals surface area contributed by atoms with Crippen molar-refractivity contribution in [3.05, 3.63) is 47.3 Å². The largest absolute Gasteiger partial charge is 0.508 e. The monoisotopic (exact) mass is 462 g/mol. The van der Waals surface area contributed by atoms with E-state index in [4.69, 9.17) is 0 Å². The molecule has 0 amide bonds. The molecule has 0 spiro atoms. The molecular formula is C28H38N4O2. The van der Waals surface area contributed by atoms with Crippen molar-refractivity contribution < 1.29 is 10.2 Å². The predicted molar refractivity (Wildman–Crippen MR) is 131 cm³/mol. The minimum Gasteiger partial charge on any atom is -0.508 e. The van der Waals surface area contributed by atoms with E-state index in [2.05, 4.69) is 38.8 Å². The third-order valence-electron chi connectivity index (χ3n) is 10.2. The summed E-state index contributed by atoms with van der Waals surface area (Å²) >= 11 is 0.